The Balaban J connectivity index is 1.75. The summed E-state index contributed by atoms with van der Waals surface area (Å²) in [6.07, 6.45) is 0. The van der Waals surface area contributed by atoms with E-state index in [1.165, 1.54) is 6.92 Å². The summed E-state index contributed by atoms with van der Waals surface area (Å²) in [6.45, 7) is 2.82. The average molecular weight is 285 g/mol. The van der Waals surface area contributed by atoms with Gasteiger partial charge in [0.2, 0.25) is 0 Å². The molecule has 110 valence electrons. The minimum Gasteiger partial charge on any atom is -0.489 e. The molecule has 0 saturated carbocycles. The third-order valence-electron chi connectivity index (χ3n) is 2.88. The number of nitrogens with one attached hydrogen (secondary N) is 1. The first-order chi connectivity index (χ1) is 10.2. The Morgan fingerprint density at radius 3 is 2.38 bits per heavy atom. The van der Waals surface area contributed by atoms with Crippen LogP contribution in [0.15, 0.2) is 54.6 Å². The normalized spacial score (nSPS) is 10.1. The molecule has 4 nitrogen and oxygen atoms in total. The Kier molecular flexibility index (Phi) is 5.79. The number of hydrogen-bond donors (Lipinski definition) is 1. The van der Waals surface area contributed by atoms with Crippen LogP contribution < -0.4 is 10.1 Å². The van der Waals surface area contributed by atoms with Crippen molar-refractivity contribution in [2.24, 2.45) is 0 Å². The minimum absolute atomic E-state index is 0.224. The first-order valence-corrected chi connectivity index (χ1v) is 6.84. The van der Waals surface area contributed by atoms with Crippen LogP contribution in [0.2, 0.25) is 0 Å². The highest BCUT2D eigenvalue weighted by atomic mass is 16.5. The van der Waals surface area contributed by atoms with E-state index < -0.39 is 0 Å². The van der Waals surface area contributed by atoms with E-state index in [0.29, 0.717) is 13.2 Å². The van der Waals surface area contributed by atoms with Gasteiger partial charge >= 0.3 is 5.97 Å². The summed E-state index contributed by atoms with van der Waals surface area (Å²) in [6, 6.07) is 17.9. The van der Waals surface area contributed by atoms with Gasteiger partial charge in [0.1, 0.15) is 19.1 Å². The summed E-state index contributed by atoms with van der Waals surface area (Å²) < 4.78 is 10.5. The Labute approximate surface area is 124 Å². The number of esters is 1. The fourth-order valence-electron chi connectivity index (χ4n) is 1.79. The Morgan fingerprint density at radius 1 is 1.00 bits per heavy atom. The lowest BCUT2D eigenvalue weighted by Gasteiger charge is -2.08. The molecule has 0 saturated heterocycles. The van der Waals surface area contributed by atoms with Crippen LogP contribution in [0, 0.1) is 0 Å². The van der Waals surface area contributed by atoms with Gasteiger partial charge in [0.05, 0.1) is 0 Å². The summed E-state index contributed by atoms with van der Waals surface area (Å²) >= 11 is 0. The quantitative estimate of drug-likeness (QED) is 0.483. The number of rotatable bonds is 7. The zero-order valence-corrected chi connectivity index (χ0v) is 12.0. The Morgan fingerprint density at radius 2 is 1.71 bits per heavy atom. The van der Waals surface area contributed by atoms with E-state index in [1.54, 1.807) is 0 Å². The fraction of sp³-hybridized carbons (Fsp3) is 0.235. The first-order valence-electron chi connectivity index (χ1n) is 6.84. The third-order valence-corrected chi connectivity index (χ3v) is 2.88. The van der Waals surface area contributed by atoms with Gasteiger partial charge in [-0.25, -0.2) is 0 Å². The smallest absolute Gasteiger partial charge is 0.303 e. The van der Waals surface area contributed by atoms with Crippen molar-refractivity contribution in [1.29, 1.82) is 0 Å². The van der Waals surface area contributed by atoms with Crippen LogP contribution in [0.25, 0.3) is 0 Å². The Hall–Kier alpha value is -2.33. The second-order valence-electron chi connectivity index (χ2n) is 4.63. The van der Waals surface area contributed by atoms with Crippen LogP contribution in [0.4, 0.5) is 0 Å². The lowest BCUT2D eigenvalue weighted by molar-refractivity contribution is -0.141. The summed E-state index contributed by atoms with van der Waals surface area (Å²) in [7, 11) is 0. The molecule has 0 radical (unpaired) electrons. The number of ether oxygens (including phenoxy) is 2. The van der Waals surface area contributed by atoms with Gasteiger partial charge in [-0.05, 0) is 23.3 Å². The van der Waals surface area contributed by atoms with Crippen molar-refractivity contribution in [3.05, 3.63) is 65.7 Å². The first kappa shape index (κ1) is 15.1. The highest BCUT2D eigenvalue weighted by Gasteiger charge is 1.98. The SMILES string of the molecule is CC(=O)OCNCc1ccc(OCc2ccccc2)cc1. The number of benzene rings is 2. The molecule has 0 bridgehead atoms. The van der Waals surface area contributed by atoms with E-state index in [0.717, 1.165) is 16.9 Å². The van der Waals surface area contributed by atoms with E-state index in [1.807, 2.05) is 54.6 Å². The van der Waals surface area contributed by atoms with Gasteiger partial charge in [-0.2, -0.15) is 0 Å². The van der Waals surface area contributed by atoms with Crippen molar-refractivity contribution in [3.8, 4) is 5.75 Å². The van der Waals surface area contributed by atoms with Gasteiger partial charge in [0, 0.05) is 13.5 Å². The van der Waals surface area contributed by atoms with E-state index in [-0.39, 0.29) is 12.7 Å². The van der Waals surface area contributed by atoms with Gasteiger partial charge in [-0.1, -0.05) is 42.5 Å². The number of carbonyl (C=O) groups is 1. The summed E-state index contributed by atoms with van der Waals surface area (Å²) in [5, 5.41) is 3.03. The molecule has 0 aliphatic rings. The molecule has 2 aromatic rings. The molecule has 0 atom stereocenters. The van der Waals surface area contributed by atoms with Crippen LogP contribution in [0.3, 0.4) is 0 Å². The topological polar surface area (TPSA) is 47.6 Å². The molecule has 0 unspecified atom stereocenters. The van der Waals surface area contributed by atoms with Gasteiger partial charge in [0.15, 0.2) is 0 Å². The molecule has 2 aromatic carbocycles. The summed E-state index contributed by atoms with van der Waals surface area (Å²) in [4.78, 5) is 10.6. The van der Waals surface area contributed by atoms with Crippen molar-refractivity contribution >= 4 is 5.97 Å². The molecule has 0 heterocycles. The molecular formula is C17H19NO3. The van der Waals surface area contributed by atoms with Crippen LogP contribution in [-0.2, 0) is 22.7 Å². The Bertz CT molecular complexity index is 552. The fourth-order valence-corrected chi connectivity index (χ4v) is 1.79. The molecule has 0 spiro atoms. The van der Waals surface area contributed by atoms with Crippen LogP contribution >= 0.6 is 0 Å². The molecule has 0 fully saturated rings. The maximum absolute atomic E-state index is 10.6. The van der Waals surface area contributed by atoms with E-state index in [2.05, 4.69) is 5.32 Å². The zero-order chi connectivity index (χ0) is 14.9. The van der Waals surface area contributed by atoms with Crippen molar-refractivity contribution < 1.29 is 14.3 Å². The zero-order valence-electron chi connectivity index (χ0n) is 12.0. The van der Waals surface area contributed by atoms with E-state index in [9.17, 15) is 4.79 Å². The predicted octanol–water partition coefficient (Wildman–Crippen LogP) is 2.88. The third kappa shape index (κ3) is 5.67. The van der Waals surface area contributed by atoms with Gasteiger partial charge in [-0.3, -0.25) is 10.1 Å². The largest absolute Gasteiger partial charge is 0.489 e. The van der Waals surface area contributed by atoms with Crippen molar-refractivity contribution in [1.82, 2.24) is 5.32 Å². The monoisotopic (exact) mass is 285 g/mol. The molecule has 0 aliphatic carbocycles. The molecular weight excluding hydrogens is 266 g/mol. The second kappa shape index (κ2) is 8.07. The molecule has 2 rings (SSSR count). The molecule has 1 N–H and O–H groups in total. The van der Waals surface area contributed by atoms with E-state index >= 15 is 0 Å². The highest BCUT2D eigenvalue weighted by Crippen LogP contribution is 2.14. The molecule has 0 aliphatic heterocycles. The van der Waals surface area contributed by atoms with Crippen LogP contribution in [-0.4, -0.2) is 12.7 Å². The summed E-state index contributed by atoms with van der Waals surface area (Å²) in [5.41, 5.74) is 2.25. The van der Waals surface area contributed by atoms with Gasteiger partial charge in [0.25, 0.3) is 0 Å². The lowest BCUT2D eigenvalue weighted by atomic mass is 10.2. The summed E-state index contributed by atoms with van der Waals surface area (Å²) in [5.74, 6) is 0.551. The minimum atomic E-state index is -0.285. The second-order valence-corrected chi connectivity index (χ2v) is 4.63. The maximum Gasteiger partial charge on any atom is 0.303 e. The van der Waals surface area contributed by atoms with Crippen LogP contribution in [0.5, 0.6) is 5.75 Å². The van der Waals surface area contributed by atoms with Crippen molar-refractivity contribution in [2.75, 3.05) is 6.73 Å². The number of hydrogen-bond acceptors (Lipinski definition) is 4. The molecule has 4 heteroatoms. The number of carbonyl (C=O) groups excluding carboxylic acids is 1. The molecule has 0 amide bonds. The van der Waals surface area contributed by atoms with Gasteiger partial charge in [-0.15, -0.1) is 0 Å². The average Bonchev–Trinajstić information content (AvgIpc) is 2.51. The van der Waals surface area contributed by atoms with Crippen LogP contribution in [0.1, 0.15) is 18.1 Å². The van der Waals surface area contributed by atoms with Crippen molar-refractivity contribution in [2.45, 2.75) is 20.1 Å². The van der Waals surface area contributed by atoms with Crippen molar-refractivity contribution in [3.63, 3.8) is 0 Å². The standard InChI is InChI=1S/C17H19NO3/c1-14(19)21-13-18-11-15-7-9-17(10-8-15)20-12-16-5-3-2-4-6-16/h2-10,18H,11-13H2,1H3. The maximum atomic E-state index is 10.6. The van der Waals surface area contributed by atoms with Gasteiger partial charge < -0.3 is 9.47 Å². The highest BCUT2D eigenvalue weighted by molar-refractivity contribution is 5.65. The molecule has 0 aromatic heterocycles. The molecule has 21 heavy (non-hydrogen) atoms. The lowest BCUT2D eigenvalue weighted by Crippen LogP contribution is -2.19. The predicted molar refractivity (Wildman–Crippen MR) is 80.7 cm³/mol. The van der Waals surface area contributed by atoms with E-state index in [4.69, 9.17) is 9.47 Å².